The summed E-state index contributed by atoms with van der Waals surface area (Å²) in [5, 5.41) is 6.13. The van der Waals surface area contributed by atoms with Gasteiger partial charge in [-0.05, 0) is 30.7 Å². The molecular weight excluding hydrogens is 368 g/mol. The van der Waals surface area contributed by atoms with Gasteiger partial charge in [-0.15, -0.1) is 12.4 Å². The second-order valence-corrected chi connectivity index (χ2v) is 6.44. The first-order valence-corrected chi connectivity index (χ1v) is 8.67. The lowest BCUT2D eigenvalue weighted by Crippen LogP contribution is -2.49. The first-order valence-electron chi connectivity index (χ1n) is 8.67. The number of amides is 2. The zero-order valence-electron chi connectivity index (χ0n) is 14.8. The average molecular weight is 389 g/mol. The van der Waals surface area contributed by atoms with Gasteiger partial charge in [0.1, 0.15) is 0 Å². The van der Waals surface area contributed by atoms with Crippen LogP contribution < -0.4 is 15.4 Å². The largest absolute Gasteiger partial charge is 0.478 e. The van der Waals surface area contributed by atoms with Crippen LogP contribution in [0.1, 0.15) is 28.9 Å². The maximum Gasteiger partial charge on any atom is 0.265 e. The van der Waals surface area contributed by atoms with Crippen molar-refractivity contribution in [1.29, 1.82) is 0 Å². The third kappa shape index (κ3) is 3.61. The molecule has 1 saturated heterocycles. The van der Waals surface area contributed by atoms with Crippen molar-refractivity contribution < 1.29 is 14.3 Å². The van der Waals surface area contributed by atoms with Gasteiger partial charge >= 0.3 is 0 Å². The number of pyridine rings is 1. The Hall–Kier alpha value is -2.64. The van der Waals surface area contributed by atoms with Crippen molar-refractivity contribution in [3.05, 3.63) is 53.9 Å². The summed E-state index contributed by atoms with van der Waals surface area (Å²) in [5.41, 5.74) is 1.98. The predicted molar refractivity (Wildman–Crippen MR) is 103 cm³/mol. The highest BCUT2D eigenvalue weighted by Crippen LogP contribution is 2.35. The monoisotopic (exact) mass is 388 g/mol. The van der Waals surface area contributed by atoms with Crippen LogP contribution in [0.15, 0.2) is 42.7 Å². The fourth-order valence-electron chi connectivity index (χ4n) is 3.37. The molecule has 0 saturated carbocycles. The van der Waals surface area contributed by atoms with Crippen molar-refractivity contribution in [2.75, 3.05) is 25.0 Å². The van der Waals surface area contributed by atoms with Crippen LogP contribution in [0.2, 0.25) is 0 Å². The predicted octanol–water partition coefficient (Wildman–Crippen LogP) is 2.01. The Morgan fingerprint density at radius 2 is 2.15 bits per heavy atom. The van der Waals surface area contributed by atoms with Gasteiger partial charge in [0.15, 0.2) is 11.9 Å². The van der Waals surface area contributed by atoms with E-state index in [0.717, 1.165) is 12.1 Å². The summed E-state index contributed by atoms with van der Waals surface area (Å²) in [6.07, 6.45) is 2.88. The Morgan fingerprint density at radius 3 is 2.93 bits per heavy atom. The van der Waals surface area contributed by atoms with E-state index in [4.69, 9.17) is 4.74 Å². The van der Waals surface area contributed by atoms with E-state index < -0.39 is 6.10 Å². The van der Waals surface area contributed by atoms with Gasteiger partial charge in [-0.1, -0.05) is 12.1 Å². The summed E-state index contributed by atoms with van der Waals surface area (Å²) in [6, 6.07) is 8.99. The number of para-hydroxylation sites is 1. The molecule has 0 radical (unpaired) electrons. The quantitative estimate of drug-likeness (QED) is 0.822. The molecule has 4 rings (SSSR count). The van der Waals surface area contributed by atoms with E-state index in [9.17, 15) is 9.59 Å². The lowest BCUT2D eigenvalue weighted by molar-refractivity contribution is -0.122. The van der Waals surface area contributed by atoms with E-state index in [1.54, 1.807) is 37.5 Å². The molecule has 8 heteroatoms. The Labute approximate surface area is 163 Å². The molecule has 3 heterocycles. The number of nitrogens with zero attached hydrogens (tertiary/aromatic N) is 2. The molecule has 2 N–H and O–H groups in total. The molecule has 7 nitrogen and oxygen atoms in total. The maximum absolute atomic E-state index is 13.3. The molecule has 2 amide bonds. The van der Waals surface area contributed by atoms with Gasteiger partial charge in [0, 0.05) is 32.0 Å². The molecule has 2 aromatic rings. The topological polar surface area (TPSA) is 83.6 Å². The molecule has 0 spiro atoms. The molecule has 2 unspecified atom stereocenters. The van der Waals surface area contributed by atoms with Crippen molar-refractivity contribution in [2.24, 2.45) is 0 Å². The highest BCUT2D eigenvalue weighted by Gasteiger charge is 2.33. The van der Waals surface area contributed by atoms with E-state index in [0.29, 0.717) is 30.1 Å². The van der Waals surface area contributed by atoms with Crippen LogP contribution in [-0.2, 0) is 4.79 Å². The number of carbonyl (C=O) groups is 2. The molecule has 2 aliphatic heterocycles. The normalized spacial score (nSPS) is 21.4. The number of nitrogens with one attached hydrogen (secondary N) is 2. The van der Waals surface area contributed by atoms with Crippen LogP contribution in [-0.4, -0.2) is 47.4 Å². The van der Waals surface area contributed by atoms with E-state index >= 15 is 0 Å². The fourth-order valence-corrected chi connectivity index (χ4v) is 3.37. The molecule has 2 aliphatic rings. The fraction of sp³-hybridized carbons (Fsp3) is 0.316. The number of aromatic nitrogens is 1. The summed E-state index contributed by atoms with van der Waals surface area (Å²) in [6.45, 7) is 3.65. The van der Waals surface area contributed by atoms with Gasteiger partial charge in [0.2, 0.25) is 0 Å². The van der Waals surface area contributed by atoms with Gasteiger partial charge in [0.05, 0.1) is 17.3 Å². The highest BCUT2D eigenvalue weighted by atomic mass is 35.5. The molecular formula is C19H21ClN4O3. The highest BCUT2D eigenvalue weighted by molar-refractivity contribution is 6.04. The third-order valence-corrected chi connectivity index (χ3v) is 4.74. The Balaban J connectivity index is 0.00000210. The van der Waals surface area contributed by atoms with Crippen molar-refractivity contribution in [1.82, 2.24) is 15.2 Å². The number of rotatable bonds is 2. The van der Waals surface area contributed by atoms with E-state index in [1.165, 1.54) is 0 Å². The number of fused-ring (bicyclic) bond motifs is 1. The summed E-state index contributed by atoms with van der Waals surface area (Å²) >= 11 is 0. The van der Waals surface area contributed by atoms with Gasteiger partial charge in [-0.25, -0.2) is 0 Å². The number of hydrogen-bond acceptors (Lipinski definition) is 5. The summed E-state index contributed by atoms with van der Waals surface area (Å²) in [7, 11) is 0. The molecule has 142 valence electrons. The minimum atomic E-state index is -0.631. The zero-order chi connectivity index (χ0) is 18.1. The number of ether oxygens (including phenoxy) is 1. The van der Waals surface area contributed by atoms with Crippen LogP contribution in [0.4, 0.5) is 5.69 Å². The van der Waals surface area contributed by atoms with Crippen LogP contribution in [0.5, 0.6) is 5.75 Å². The number of halogens is 1. The first kappa shape index (κ1) is 19.1. The Morgan fingerprint density at radius 1 is 1.30 bits per heavy atom. The standard InChI is InChI=1S/C19H20N4O3.ClH/c1-12-18(24)22-15-6-2-5-14(17(15)26-12)19(25)23-9-8-21-11-16(23)13-4-3-7-20-10-13;/h2-7,10,12,16,21H,8-9,11H2,1H3,(H,22,24);1H. The molecule has 1 aromatic heterocycles. The second kappa shape index (κ2) is 7.94. The van der Waals surface area contributed by atoms with Gasteiger partial charge in [0.25, 0.3) is 11.8 Å². The van der Waals surface area contributed by atoms with Crippen molar-refractivity contribution in [3.63, 3.8) is 0 Å². The number of piperazine rings is 1. The molecule has 0 bridgehead atoms. The number of hydrogen-bond donors (Lipinski definition) is 2. The van der Waals surface area contributed by atoms with Gasteiger partial charge in [-0.3, -0.25) is 14.6 Å². The smallest absolute Gasteiger partial charge is 0.265 e. The van der Waals surface area contributed by atoms with E-state index in [2.05, 4.69) is 15.6 Å². The molecule has 0 aliphatic carbocycles. The molecule has 1 aromatic carbocycles. The average Bonchev–Trinajstić information content (AvgIpc) is 2.68. The minimum Gasteiger partial charge on any atom is -0.478 e. The lowest BCUT2D eigenvalue weighted by atomic mass is 10.0. The van der Waals surface area contributed by atoms with Gasteiger partial charge in [-0.2, -0.15) is 0 Å². The summed E-state index contributed by atoms with van der Waals surface area (Å²) < 4.78 is 5.74. The van der Waals surface area contributed by atoms with Crippen LogP contribution in [0, 0.1) is 0 Å². The maximum atomic E-state index is 13.3. The minimum absolute atomic E-state index is 0. The van der Waals surface area contributed by atoms with Crippen molar-refractivity contribution in [3.8, 4) is 5.75 Å². The first-order chi connectivity index (χ1) is 12.6. The lowest BCUT2D eigenvalue weighted by Gasteiger charge is -2.37. The SMILES string of the molecule is CC1Oc2c(cccc2C(=O)N2CCNCC2c2cccnc2)NC1=O.Cl. The summed E-state index contributed by atoms with van der Waals surface area (Å²) in [4.78, 5) is 31.2. The van der Waals surface area contributed by atoms with Crippen LogP contribution in [0.3, 0.4) is 0 Å². The van der Waals surface area contributed by atoms with Crippen molar-refractivity contribution >= 4 is 29.9 Å². The Bertz CT molecular complexity index is 846. The Kier molecular flexibility index (Phi) is 5.62. The third-order valence-electron chi connectivity index (χ3n) is 4.74. The number of carbonyl (C=O) groups excluding carboxylic acids is 2. The second-order valence-electron chi connectivity index (χ2n) is 6.44. The van der Waals surface area contributed by atoms with E-state index in [-0.39, 0.29) is 30.3 Å². The van der Waals surface area contributed by atoms with E-state index in [1.807, 2.05) is 17.0 Å². The molecule has 27 heavy (non-hydrogen) atoms. The number of anilines is 1. The summed E-state index contributed by atoms with van der Waals surface area (Å²) in [5.74, 6) is 0.117. The molecule has 2 atom stereocenters. The van der Waals surface area contributed by atoms with Crippen molar-refractivity contribution in [2.45, 2.75) is 19.1 Å². The van der Waals surface area contributed by atoms with Crippen LogP contribution >= 0.6 is 12.4 Å². The van der Waals surface area contributed by atoms with Crippen LogP contribution in [0.25, 0.3) is 0 Å². The van der Waals surface area contributed by atoms with Gasteiger partial charge < -0.3 is 20.3 Å². The molecule has 1 fully saturated rings. The number of benzene rings is 1. The zero-order valence-corrected chi connectivity index (χ0v) is 15.7.